The van der Waals surface area contributed by atoms with Gasteiger partial charge in [0.1, 0.15) is 12.6 Å². The lowest BCUT2D eigenvalue weighted by atomic mass is 10.0. The number of carbonyl (C=O) groups is 2. The van der Waals surface area contributed by atoms with Gasteiger partial charge < -0.3 is 10.2 Å². The van der Waals surface area contributed by atoms with E-state index in [1.807, 2.05) is 56.3 Å². The first kappa shape index (κ1) is 34.0. The first-order valence-corrected chi connectivity index (χ1v) is 16.9. The van der Waals surface area contributed by atoms with E-state index in [9.17, 15) is 18.0 Å². The average Bonchev–Trinajstić information content (AvgIpc) is 3.04. The number of rotatable bonds is 13. The lowest BCUT2D eigenvalue weighted by molar-refractivity contribution is -0.140. The van der Waals surface area contributed by atoms with Crippen molar-refractivity contribution in [3.05, 3.63) is 129 Å². The molecule has 0 spiro atoms. The zero-order chi connectivity index (χ0) is 32.6. The predicted molar refractivity (Wildman–Crippen MR) is 181 cm³/mol. The third kappa shape index (κ3) is 8.66. The molecule has 1 N–H and O–H groups in total. The van der Waals surface area contributed by atoms with Crippen LogP contribution in [-0.2, 0) is 32.6 Å². The summed E-state index contributed by atoms with van der Waals surface area (Å²) in [5.41, 5.74) is 3.40. The van der Waals surface area contributed by atoms with E-state index in [1.54, 1.807) is 49.4 Å². The van der Waals surface area contributed by atoms with Gasteiger partial charge in [-0.1, -0.05) is 96.9 Å². The molecule has 0 aliphatic heterocycles. The number of anilines is 1. The van der Waals surface area contributed by atoms with Crippen LogP contribution in [0.15, 0.2) is 102 Å². The fourth-order valence-corrected chi connectivity index (χ4v) is 6.79. The third-order valence-corrected chi connectivity index (χ3v) is 9.91. The maximum absolute atomic E-state index is 14.5. The highest BCUT2D eigenvalue weighted by Crippen LogP contribution is 2.29. The molecule has 0 aromatic heterocycles. The van der Waals surface area contributed by atoms with Gasteiger partial charge in [0.2, 0.25) is 11.8 Å². The summed E-state index contributed by atoms with van der Waals surface area (Å²) in [6, 6.07) is 27.0. The second kappa shape index (κ2) is 15.4. The van der Waals surface area contributed by atoms with Gasteiger partial charge in [-0.3, -0.25) is 13.9 Å². The molecule has 10 heteroatoms. The summed E-state index contributed by atoms with van der Waals surface area (Å²) in [5, 5.41) is 3.60. The van der Waals surface area contributed by atoms with Crippen molar-refractivity contribution in [2.75, 3.05) is 17.4 Å². The summed E-state index contributed by atoms with van der Waals surface area (Å²) < 4.78 is 29.5. The van der Waals surface area contributed by atoms with E-state index in [0.29, 0.717) is 39.8 Å². The molecule has 0 radical (unpaired) electrons. The fourth-order valence-electron chi connectivity index (χ4n) is 4.98. The number of sulfonamides is 1. The van der Waals surface area contributed by atoms with E-state index in [2.05, 4.69) is 5.32 Å². The molecule has 4 aromatic rings. The largest absolute Gasteiger partial charge is 0.354 e. The molecule has 45 heavy (non-hydrogen) atoms. The molecule has 0 saturated carbocycles. The van der Waals surface area contributed by atoms with E-state index in [0.717, 1.165) is 15.4 Å². The van der Waals surface area contributed by atoms with Gasteiger partial charge in [-0.05, 0) is 72.9 Å². The molecule has 7 nitrogen and oxygen atoms in total. The van der Waals surface area contributed by atoms with Crippen molar-refractivity contribution >= 4 is 50.7 Å². The molecule has 4 aromatic carbocycles. The summed E-state index contributed by atoms with van der Waals surface area (Å²) in [4.78, 5) is 29.8. The van der Waals surface area contributed by atoms with Crippen molar-refractivity contribution in [2.45, 2.75) is 51.1 Å². The van der Waals surface area contributed by atoms with Crippen LogP contribution >= 0.6 is 23.2 Å². The van der Waals surface area contributed by atoms with Crippen LogP contribution < -0.4 is 9.62 Å². The highest BCUT2D eigenvalue weighted by atomic mass is 35.5. The van der Waals surface area contributed by atoms with Crippen LogP contribution in [0.3, 0.4) is 0 Å². The van der Waals surface area contributed by atoms with Gasteiger partial charge in [-0.2, -0.15) is 0 Å². The molecule has 4 rings (SSSR count). The predicted octanol–water partition coefficient (Wildman–Crippen LogP) is 6.97. The number of amides is 2. The second-order valence-corrected chi connectivity index (χ2v) is 13.6. The molecule has 1 atom stereocenters. The van der Waals surface area contributed by atoms with Gasteiger partial charge in [-0.25, -0.2) is 8.42 Å². The highest BCUT2D eigenvalue weighted by Gasteiger charge is 2.35. The molecule has 0 fully saturated rings. The van der Waals surface area contributed by atoms with Gasteiger partial charge in [0.15, 0.2) is 0 Å². The minimum absolute atomic E-state index is 0.00120. The summed E-state index contributed by atoms with van der Waals surface area (Å²) in [5.74, 6) is -0.882. The van der Waals surface area contributed by atoms with Crippen LogP contribution in [0, 0.1) is 13.8 Å². The Morgan fingerprint density at radius 1 is 0.822 bits per heavy atom. The van der Waals surface area contributed by atoms with Crippen molar-refractivity contribution in [2.24, 2.45) is 0 Å². The van der Waals surface area contributed by atoms with E-state index in [1.165, 1.54) is 17.0 Å². The topological polar surface area (TPSA) is 86.8 Å². The molecular formula is C35H37Cl2N3O4S. The van der Waals surface area contributed by atoms with Crippen molar-refractivity contribution in [3.63, 3.8) is 0 Å². The molecule has 2 amide bonds. The zero-order valence-electron chi connectivity index (χ0n) is 25.5. The monoisotopic (exact) mass is 665 g/mol. The van der Waals surface area contributed by atoms with Crippen LogP contribution in [0.25, 0.3) is 0 Å². The molecule has 0 bridgehead atoms. The van der Waals surface area contributed by atoms with Crippen molar-refractivity contribution in [1.82, 2.24) is 10.2 Å². The highest BCUT2D eigenvalue weighted by molar-refractivity contribution is 7.92. The van der Waals surface area contributed by atoms with Crippen LogP contribution in [0.5, 0.6) is 0 Å². The molecule has 0 saturated heterocycles. The minimum atomic E-state index is -4.18. The van der Waals surface area contributed by atoms with Crippen LogP contribution in [0.4, 0.5) is 5.69 Å². The third-order valence-electron chi connectivity index (χ3n) is 7.40. The Hall–Kier alpha value is -3.85. The number of nitrogens with zero attached hydrogens (tertiary/aromatic N) is 2. The number of hydrogen-bond acceptors (Lipinski definition) is 4. The van der Waals surface area contributed by atoms with Crippen LogP contribution in [0.1, 0.15) is 35.6 Å². The maximum Gasteiger partial charge on any atom is 0.264 e. The first-order valence-electron chi connectivity index (χ1n) is 14.7. The van der Waals surface area contributed by atoms with Gasteiger partial charge in [0, 0.05) is 19.5 Å². The van der Waals surface area contributed by atoms with Crippen LogP contribution in [-0.4, -0.2) is 44.3 Å². The molecule has 0 unspecified atom stereocenters. The fraction of sp³-hybridized carbons (Fsp3) is 0.257. The summed E-state index contributed by atoms with van der Waals surface area (Å²) in [6.07, 6.45) is 0.929. The molecular weight excluding hydrogens is 629 g/mol. The summed E-state index contributed by atoms with van der Waals surface area (Å²) in [6.45, 7) is 5.50. The van der Waals surface area contributed by atoms with Crippen LogP contribution in [0.2, 0.25) is 10.0 Å². The van der Waals surface area contributed by atoms with Crippen molar-refractivity contribution in [1.29, 1.82) is 0 Å². The minimum Gasteiger partial charge on any atom is -0.354 e. The van der Waals surface area contributed by atoms with Gasteiger partial charge in [0.05, 0.1) is 20.6 Å². The van der Waals surface area contributed by atoms with Gasteiger partial charge >= 0.3 is 0 Å². The Kier molecular flexibility index (Phi) is 11.7. The number of aryl methyl sites for hydroxylation is 2. The Bertz CT molecular complexity index is 1730. The lowest BCUT2D eigenvalue weighted by Gasteiger charge is -2.34. The quantitative estimate of drug-likeness (QED) is 0.167. The Morgan fingerprint density at radius 3 is 2.13 bits per heavy atom. The average molecular weight is 667 g/mol. The SMILES string of the molecule is CCCNC(=O)[C@H](Cc1ccccc1)N(Cc1ccc(Cl)c(Cl)c1)C(=O)CN(c1cc(C)ccc1C)S(=O)(=O)c1ccccc1. The standard InChI is InChI=1S/C35H37Cl2N3O4S/c1-4-19-38-35(42)33(22-27-11-7-5-8-12-27)39(23-28-17-18-30(36)31(37)21-28)34(41)24-40(32-20-25(2)15-16-26(32)3)45(43,44)29-13-9-6-10-14-29/h5-18,20-21,33H,4,19,22-24H2,1-3H3,(H,38,42)/t33-/m0/s1. The molecule has 0 aliphatic carbocycles. The van der Waals surface area contributed by atoms with E-state index >= 15 is 0 Å². The van der Waals surface area contributed by atoms with E-state index in [-0.39, 0.29) is 23.8 Å². The second-order valence-electron chi connectivity index (χ2n) is 10.9. The first-order chi connectivity index (χ1) is 21.5. The molecule has 236 valence electrons. The lowest BCUT2D eigenvalue weighted by Crippen LogP contribution is -2.53. The number of carbonyl (C=O) groups excluding carboxylic acids is 2. The van der Waals surface area contributed by atoms with E-state index in [4.69, 9.17) is 23.2 Å². The van der Waals surface area contributed by atoms with Gasteiger partial charge in [-0.15, -0.1) is 0 Å². The smallest absolute Gasteiger partial charge is 0.264 e. The molecule has 0 heterocycles. The zero-order valence-corrected chi connectivity index (χ0v) is 27.9. The van der Waals surface area contributed by atoms with Crippen molar-refractivity contribution in [3.8, 4) is 0 Å². The van der Waals surface area contributed by atoms with Crippen molar-refractivity contribution < 1.29 is 18.0 Å². The Labute approximate surface area is 275 Å². The summed E-state index contributed by atoms with van der Waals surface area (Å²) >= 11 is 12.5. The number of halogens is 2. The molecule has 0 aliphatic rings. The number of hydrogen-bond donors (Lipinski definition) is 1. The number of benzene rings is 4. The van der Waals surface area contributed by atoms with Gasteiger partial charge in [0.25, 0.3) is 10.0 Å². The summed E-state index contributed by atoms with van der Waals surface area (Å²) in [7, 11) is -4.18. The maximum atomic E-state index is 14.5. The Balaban J connectivity index is 1.83. The normalized spacial score (nSPS) is 11.9. The Morgan fingerprint density at radius 2 is 1.49 bits per heavy atom. The number of nitrogens with one attached hydrogen (secondary N) is 1. The van der Waals surface area contributed by atoms with E-state index < -0.39 is 28.5 Å².